The molecule has 19 heteroatoms. The predicted molar refractivity (Wildman–Crippen MR) is 133 cm³/mol. The molecule has 43 heavy (non-hydrogen) atoms. The average Bonchev–Trinajstić information content (AvgIpc) is 3.60. The Morgan fingerprint density at radius 3 is 2.26 bits per heavy atom. The van der Waals surface area contributed by atoms with Gasteiger partial charge in [-0.1, -0.05) is 29.4 Å². The zero-order valence-electron chi connectivity index (χ0n) is 21.6. The first kappa shape index (κ1) is 30.1. The molecule has 0 spiro atoms. The molecule has 2 aromatic heterocycles. The van der Waals surface area contributed by atoms with Crippen molar-refractivity contribution in [3.05, 3.63) is 59.8 Å². The van der Waals surface area contributed by atoms with Crippen LogP contribution < -0.4 is 16.4 Å². The lowest BCUT2D eigenvalue weighted by Crippen LogP contribution is -2.48. The van der Waals surface area contributed by atoms with E-state index in [-0.39, 0.29) is 34.1 Å². The number of nitrogens with zero attached hydrogens (tertiary/aromatic N) is 5. The normalized spacial score (nSPS) is 18.7. The molecular weight excluding hydrogens is 612 g/mol. The summed E-state index contributed by atoms with van der Waals surface area (Å²) in [7, 11) is -4.12. The standard InChI is InChI=1S/C24H19F6N7O5S/c1-22(32,24(28,29)30)20-35-34-18(41-20)13-6-7-16-15(8-13)37(19(38)14(31)10-43(16,39)40)9-11-2-4-12(5-3-11)17-33-21(42-36-17)23(25,26)27/h2-8,14H,9-10,31-32H2,1H3/t14-,22-/m0/s1. The Bertz CT molecular complexity index is 1800. The number of fused-ring (bicyclic) bond motifs is 1. The molecule has 0 saturated carbocycles. The first-order chi connectivity index (χ1) is 19.9. The number of aromatic nitrogens is 4. The number of hydrogen-bond acceptors (Lipinski definition) is 11. The Balaban J connectivity index is 1.51. The molecule has 228 valence electrons. The van der Waals surface area contributed by atoms with Gasteiger partial charge in [-0.15, -0.1) is 10.2 Å². The van der Waals surface area contributed by atoms with Gasteiger partial charge in [-0.05, 0) is 30.7 Å². The van der Waals surface area contributed by atoms with Crippen LogP contribution in [0.4, 0.5) is 32.0 Å². The van der Waals surface area contributed by atoms with Crippen molar-refractivity contribution in [3.63, 3.8) is 0 Å². The van der Waals surface area contributed by atoms with E-state index in [0.717, 1.165) is 11.0 Å². The van der Waals surface area contributed by atoms with E-state index in [4.69, 9.17) is 15.9 Å². The van der Waals surface area contributed by atoms with E-state index in [1.807, 2.05) is 0 Å². The zero-order chi connectivity index (χ0) is 31.5. The minimum absolute atomic E-state index is 0.0214. The summed E-state index contributed by atoms with van der Waals surface area (Å²) in [6.07, 6.45) is -9.77. The molecule has 0 saturated heterocycles. The first-order valence-corrected chi connectivity index (χ1v) is 13.7. The summed E-state index contributed by atoms with van der Waals surface area (Å²) in [5.41, 5.74) is 8.64. The van der Waals surface area contributed by atoms with E-state index < -0.39 is 63.1 Å². The highest BCUT2D eigenvalue weighted by molar-refractivity contribution is 7.91. The van der Waals surface area contributed by atoms with Gasteiger partial charge in [0.15, 0.2) is 15.4 Å². The van der Waals surface area contributed by atoms with Crippen LogP contribution in [0.2, 0.25) is 0 Å². The van der Waals surface area contributed by atoms with E-state index in [0.29, 0.717) is 12.5 Å². The van der Waals surface area contributed by atoms with Crippen molar-refractivity contribution in [2.24, 2.45) is 11.5 Å². The van der Waals surface area contributed by atoms with E-state index in [9.17, 15) is 39.6 Å². The number of rotatable bonds is 5. The van der Waals surface area contributed by atoms with Crippen molar-refractivity contribution in [1.29, 1.82) is 0 Å². The minimum Gasteiger partial charge on any atom is -0.418 e. The highest BCUT2D eigenvalue weighted by Gasteiger charge is 2.53. The lowest BCUT2D eigenvalue weighted by Gasteiger charge is -2.24. The summed E-state index contributed by atoms with van der Waals surface area (Å²) >= 11 is 0. The molecule has 0 radical (unpaired) electrons. The van der Waals surface area contributed by atoms with Crippen molar-refractivity contribution < 1.29 is 48.5 Å². The van der Waals surface area contributed by atoms with E-state index >= 15 is 0 Å². The number of carbonyl (C=O) groups excluding carboxylic acids is 1. The van der Waals surface area contributed by atoms with Crippen molar-refractivity contribution in [2.75, 3.05) is 10.7 Å². The molecule has 5 rings (SSSR count). The molecule has 1 aliphatic rings. The van der Waals surface area contributed by atoms with Gasteiger partial charge in [-0.25, -0.2) is 8.42 Å². The van der Waals surface area contributed by atoms with Crippen LogP contribution in [0.5, 0.6) is 0 Å². The van der Waals surface area contributed by atoms with Crippen molar-refractivity contribution >= 4 is 21.4 Å². The van der Waals surface area contributed by atoms with Gasteiger partial charge in [0.1, 0.15) is 0 Å². The van der Waals surface area contributed by atoms with Crippen LogP contribution in [0.15, 0.2) is 56.3 Å². The maximum atomic E-state index is 13.4. The summed E-state index contributed by atoms with van der Waals surface area (Å²) in [6.45, 7) is 0.373. The molecule has 2 atom stereocenters. The second kappa shape index (κ2) is 10.1. The Kier molecular flexibility index (Phi) is 7.09. The van der Waals surface area contributed by atoms with E-state index in [2.05, 4.69) is 24.9 Å². The molecule has 0 unspecified atom stereocenters. The number of carbonyl (C=O) groups is 1. The van der Waals surface area contributed by atoms with Gasteiger partial charge >= 0.3 is 18.2 Å². The SMILES string of the molecule is C[C@](N)(c1nnc(-c2ccc3c(c2)N(Cc2ccc(-c4noc(C(F)(F)F)n4)cc2)C(=O)[C@@H](N)CS3(=O)=O)o1)C(F)(F)F. The molecule has 0 aliphatic carbocycles. The second-order valence-corrected chi connectivity index (χ2v) is 11.7. The fourth-order valence-corrected chi connectivity index (χ4v) is 5.63. The van der Waals surface area contributed by atoms with Crippen LogP contribution in [0, 0.1) is 0 Å². The molecular formula is C24H19F6N7O5S. The number of hydrogen-bond donors (Lipinski definition) is 2. The quantitative estimate of drug-likeness (QED) is 0.308. The van der Waals surface area contributed by atoms with Gasteiger partial charge in [-0.2, -0.15) is 31.3 Å². The molecule has 1 amide bonds. The van der Waals surface area contributed by atoms with Crippen LogP contribution in [-0.4, -0.2) is 52.6 Å². The number of sulfone groups is 1. The number of alkyl halides is 6. The zero-order valence-corrected chi connectivity index (χ0v) is 22.5. The van der Waals surface area contributed by atoms with Gasteiger partial charge in [0.25, 0.3) is 0 Å². The number of amides is 1. The topological polar surface area (TPSA) is 184 Å². The molecule has 0 bridgehead atoms. The fraction of sp³-hybridized carbons (Fsp3) is 0.292. The van der Waals surface area contributed by atoms with E-state index in [1.165, 1.54) is 36.4 Å². The lowest BCUT2D eigenvalue weighted by molar-refractivity contribution is -0.190. The minimum atomic E-state index is -4.93. The first-order valence-electron chi connectivity index (χ1n) is 12.0. The van der Waals surface area contributed by atoms with Gasteiger partial charge < -0.3 is 25.3 Å². The molecule has 0 fully saturated rings. The third-order valence-electron chi connectivity index (χ3n) is 6.49. The van der Waals surface area contributed by atoms with Crippen LogP contribution in [0.25, 0.3) is 22.8 Å². The molecule has 2 aromatic carbocycles. The summed E-state index contributed by atoms with van der Waals surface area (Å²) < 4.78 is 114. The fourth-order valence-electron chi connectivity index (χ4n) is 4.07. The monoisotopic (exact) mass is 631 g/mol. The maximum Gasteiger partial charge on any atom is 0.471 e. The van der Waals surface area contributed by atoms with Gasteiger partial charge in [0, 0.05) is 11.1 Å². The predicted octanol–water partition coefficient (Wildman–Crippen LogP) is 3.19. The number of benzene rings is 2. The van der Waals surface area contributed by atoms with Gasteiger partial charge in [0.2, 0.25) is 23.5 Å². The van der Waals surface area contributed by atoms with Crippen LogP contribution in [0.3, 0.4) is 0 Å². The van der Waals surface area contributed by atoms with E-state index in [1.54, 1.807) is 0 Å². The average molecular weight is 632 g/mol. The number of nitrogens with two attached hydrogens (primary N) is 2. The molecule has 4 N–H and O–H groups in total. The Morgan fingerprint density at radius 2 is 1.65 bits per heavy atom. The summed E-state index contributed by atoms with van der Waals surface area (Å²) in [4.78, 5) is 17.4. The summed E-state index contributed by atoms with van der Waals surface area (Å²) in [5, 5.41) is 10.3. The maximum absolute atomic E-state index is 13.4. The summed E-state index contributed by atoms with van der Waals surface area (Å²) in [6, 6.07) is 7.64. The highest BCUT2D eigenvalue weighted by atomic mass is 32.2. The van der Waals surface area contributed by atoms with Crippen LogP contribution in [0.1, 0.15) is 24.3 Å². The Hall–Kier alpha value is -4.36. The largest absolute Gasteiger partial charge is 0.471 e. The molecule has 4 aromatic rings. The van der Waals surface area contributed by atoms with Gasteiger partial charge in [0.05, 0.1) is 28.9 Å². The number of anilines is 1. The number of halogens is 6. The van der Waals surface area contributed by atoms with Gasteiger partial charge in [-0.3, -0.25) is 4.79 Å². The highest BCUT2D eigenvalue weighted by Crippen LogP contribution is 2.39. The Morgan fingerprint density at radius 1 is 1.00 bits per heavy atom. The third-order valence-corrected chi connectivity index (χ3v) is 8.31. The third kappa shape index (κ3) is 5.57. The smallest absolute Gasteiger partial charge is 0.418 e. The van der Waals surface area contributed by atoms with Crippen molar-refractivity contribution in [2.45, 2.75) is 42.3 Å². The molecule has 3 heterocycles. The molecule has 12 nitrogen and oxygen atoms in total. The van der Waals surface area contributed by atoms with Crippen molar-refractivity contribution in [1.82, 2.24) is 20.3 Å². The van der Waals surface area contributed by atoms with Crippen LogP contribution in [-0.2, 0) is 32.9 Å². The van der Waals surface area contributed by atoms with Crippen LogP contribution >= 0.6 is 0 Å². The van der Waals surface area contributed by atoms with Crippen molar-refractivity contribution in [3.8, 4) is 22.8 Å². The Labute approximate surface area is 237 Å². The summed E-state index contributed by atoms with van der Waals surface area (Å²) in [5.74, 6) is -4.78. The molecule has 1 aliphatic heterocycles. The lowest BCUT2D eigenvalue weighted by atomic mass is 10.0. The second-order valence-electron chi connectivity index (χ2n) is 9.73.